The summed E-state index contributed by atoms with van der Waals surface area (Å²) in [5.74, 6) is 0.568. The standard InChI is InChI=1S/C7H17NO3S/c1-6(5-12(2)11)8-3-7(10)4-9/h6-10H,3-5H2,1-2H3/t6?,7-,12?/m0/s1. The molecule has 3 N–H and O–H groups in total. The highest BCUT2D eigenvalue weighted by molar-refractivity contribution is 7.84. The zero-order chi connectivity index (χ0) is 9.56. The first kappa shape index (κ1) is 12.0. The maximum atomic E-state index is 10.7. The molecule has 3 atom stereocenters. The third kappa shape index (κ3) is 6.72. The number of nitrogens with one attached hydrogen (secondary N) is 1. The maximum absolute atomic E-state index is 10.7. The van der Waals surface area contributed by atoms with Gasteiger partial charge in [0, 0.05) is 35.4 Å². The Balaban J connectivity index is 3.43. The lowest BCUT2D eigenvalue weighted by Gasteiger charge is -2.14. The van der Waals surface area contributed by atoms with E-state index in [0.717, 1.165) is 0 Å². The molecular weight excluding hydrogens is 178 g/mol. The quantitative estimate of drug-likeness (QED) is 0.492. The molecule has 0 radical (unpaired) electrons. The second kappa shape index (κ2) is 6.54. The van der Waals surface area contributed by atoms with Gasteiger partial charge in [0.25, 0.3) is 0 Å². The van der Waals surface area contributed by atoms with Gasteiger partial charge in [-0.1, -0.05) is 0 Å². The Morgan fingerprint density at radius 2 is 2.17 bits per heavy atom. The van der Waals surface area contributed by atoms with E-state index in [9.17, 15) is 4.21 Å². The van der Waals surface area contributed by atoms with Crippen molar-refractivity contribution < 1.29 is 14.4 Å². The van der Waals surface area contributed by atoms with Gasteiger partial charge in [-0.05, 0) is 6.92 Å². The second-order valence-corrected chi connectivity index (χ2v) is 4.37. The number of aliphatic hydroxyl groups is 2. The van der Waals surface area contributed by atoms with Crippen LogP contribution in [0.4, 0.5) is 0 Å². The fourth-order valence-corrected chi connectivity index (χ4v) is 1.63. The Morgan fingerprint density at radius 3 is 2.58 bits per heavy atom. The van der Waals surface area contributed by atoms with Gasteiger partial charge in [-0.15, -0.1) is 0 Å². The van der Waals surface area contributed by atoms with Crippen LogP contribution in [-0.4, -0.2) is 51.7 Å². The van der Waals surface area contributed by atoms with Crippen molar-refractivity contribution in [2.75, 3.05) is 25.2 Å². The average Bonchev–Trinajstić information content (AvgIpc) is 1.99. The first-order valence-electron chi connectivity index (χ1n) is 3.88. The van der Waals surface area contributed by atoms with Gasteiger partial charge in [-0.2, -0.15) is 0 Å². The predicted molar refractivity (Wildman–Crippen MR) is 49.5 cm³/mol. The Hall–Kier alpha value is 0.0300. The molecule has 0 rings (SSSR count). The molecule has 0 aliphatic carbocycles. The van der Waals surface area contributed by atoms with E-state index in [1.54, 1.807) is 6.26 Å². The number of hydrogen-bond donors (Lipinski definition) is 3. The Labute approximate surface area is 75.4 Å². The maximum Gasteiger partial charge on any atom is 0.0895 e. The van der Waals surface area contributed by atoms with Gasteiger partial charge < -0.3 is 15.5 Å². The van der Waals surface area contributed by atoms with Crippen LogP contribution >= 0.6 is 0 Å². The molecule has 12 heavy (non-hydrogen) atoms. The van der Waals surface area contributed by atoms with Crippen LogP contribution in [0.25, 0.3) is 0 Å². The zero-order valence-corrected chi connectivity index (χ0v) is 8.30. The van der Waals surface area contributed by atoms with E-state index in [1.165, 1.54) is 0 Å². The molecule has 2 unspecified atom stereocenters. The first-order valence-corrected chi connectivity index (χ1v) is 5.61. The molecule has 0 bridgehead atoms. The van der Waals surface area contributed by atoms with Gasteiger partial charge in [0.05, 0.1) is 12.7 Å². The van der Waals surface area contributed by atoms with E-state index in [1.807, 2.05) is 6.92 Å². The van der Waals surface area contributed by atoms with Crippen LogP contribution in [0.5, 0.6) is 0 Å². The summed E-state index contributed by atoms with van der Waals surface area (Å²) in [5.41, 5.74) is 0. The summed E-state index contributed by atoms with van der Waals surface area (Å²) in [6, 6.07) is 0.108. The van der Waals surface area contributed by atoms with E-state index in [0.29, 0.717) is 12.3 Å². The number of hydrogen-bond acceptors (Lipinski definition) is 4. The fraction of sp³-hybridized carbons (Fsp3) is 1.00. The highest BCUT2D eigenvalue weighted by Gasteiger charge is 2.06. The minimum Gasteiger partial charge on any atom is -0.394 e. The molecule has 0 fully saturated rings. The van der Waals surface area contributed by atoms with E-state index < -0.39 is 16.9 Å². The number of aliphatic hydroxyl groups excluding tert-OH is 2. The van der Waals surface area contributed by atoms with Crippen molar-refractivity contribution in [3.05, 3.63) is 0 Å². The van der Waals surface area contributed by atoms with Gasteiger partial charge in [0.2, 0.25) is 0 Å². The summed E-state index contributed by atoms with van der Waals surface area (Å²) < 4.78 is 10.7. The van der Waals surface area contributed by atoms with Gasteiger partial charge in [-0.3, -0.25) is 4.21 Å². The normalized spacial score (nSPS) is 18.7. The SMILES string of the molecule is CC(CS(C)=O)NC[C@H](O)CO. The first-order chi connectivity index (χ1) is 5.56. The van der Waals surface area contributed by atoms with E-state index in [2.05, 4.69) is 5.32 Å². The Kier molecular flexibility index (Phi) is 6.55. The molecule has 0 aromatic rings. The van der Waals surface area contributed by atoms with Crippen molar-refractivity contribution in [3.8, 4) is 0 Å². The minimum absolute atomic E-state index is 0.108. The minimum atomic E-state index is -0.819. The van der Waals surface area contributed by atoms with Crippen molar-refractivity contribution in [2.24, 2.45) is 0 Å². The highest BCUT2D eigenvalue weighted by atomic mass is 32.2. The molecule has 0 aromatic heterocycles. The monoisotopic (exact) mass is 195 g/mol. The van der Waals surface area contributed by atoms with Crippen LogP contribution < -0.4 is 5.32 Å². The van der Waals surface area contributed by atoms with Gasteiger partial charge >= 0.3 is 0 Å². The molecule has 0 saturated carbocycles. The van der Waals surface area contributed by atoms with Crippen LogP contribution in [0.15, 0.2) is 0 Å². The van der Waals surface area contributed by atoms with Crippen molar-refractivity contribution in [3.63, 3.8) is 0 Å². The Morgan fingerprint density at radius 1 is 1.58 bits per heavy atom. The third-order valence-electron chi connectivity index (χ3n) is 1.40. The summed E-state index contributed by atoms with van der Waals surface area (Å²) >= 11 is 0. The van der Waals surface area contributed by atoms with Gasteiger partial charge in [-0.25, -0.2) is 0 Å². The molecule has 4 nitrogen and oxygen atoms in total. The third-order valence-corrected chi connectivity index (χ3v) is 2.37. The average molecular weight is 195 g/mol. The molecule has 0 heterocycles. The van der Waals surface area contributed by atoms with Crippen LogP contribution in [-0.2, 0) is 10.8 Å². The largest absolute Gasteiger partial charge is 0.394 e. The summed E-state index contributed by atoms with van der Waals surface area (Å²) in [5, 5.41) is 20.4. The smallest absolute Gasteiger partial charge is 0.0895 e. The topological polar surface area (TPSA) is 69.6 Å². The molecule has 0 saturated heterocycles. The Bertz CT molecular complexity index is 143. The lowest BCUT2D eigenvalue weighted by atomic mass is 10.3. The van der Waals surface area contributed by atoms with Crippen molar-refractivity contribution >= 4 is 10.8 Å². The van der Waals surface area contributed by atoms with Crippen molar-refractivity contribution in [1.82, 2.24) is 5.32 Å². The molecule has 0 aromatic carbocycles. The summed E-state index contributed by atoms with van der Waals surface area (Å²) in [7, 11) is -0.819. The lowest BCUT2D eigenvalue weighted by molar-refractivity contribution is 0.0929. The fourth-order valence-electron chi connectivity index (χ4n) is 0.813. The second-order valence-electron chi connectivity index (χ2n) is 2.89. The van der Waals surface area contributed by atoms with E-state index >= 15 is 0 Å². The molecule has 0 aliphatic heterocycles. The van der Waals surface area contributed by atoms with E-state index in [-0.39, 0.29) is 12.6 Å². The zero-order valence-electron chi connectivity index (χ0n) is 7.49. The highest BCUT2D eigenvalue weighted by Crippen LogP contribution is 1.86. The molecule has 74 valence electrons. The van der Waals surface area contributed by atoms with Crippen LogP contribution in [0.2, 0.25) is 0 Å². The van der Waals surface area contributed by atoms with Crippen molar-refractivity contribution in [2.45, 2.75) is 19.1 Å². The molecule has 0 aliphatic rings. The lowest BCUT2D eigenvalue weighted by Crippen LogP contribution is -2.38. The van der Waals surface area contributed by atoms with Crippen molar-refractivity contribution in [1.29, 1.82) is 0 Å². The van der Waals surface area contributed by atoms with Crippen LogP contribution in [0.3, 0.4) is 0 Å². The van der Waals surface area contributed by atoms with E-state index in [4.69, 9.17) is 10.2 Å². The van der Waals surface area contributed by atoms with Crippen LogP contribution in [0.1, 0.15) is 6.92 Å². The molecular formula is C7H17NO3S. The number of rotatable bonds is 6. The molecule has 5 heteroatoms. The van der Waals surface area contributed by atoms with Crippen LogP contribution in [0, 0.1) is 0 Å². The predicted octanol–water partition coefficient (Wildman–Crippen LogP) is -1.30. The molecule has 0 spiro atoms. The van der Waals surface area contributed by atoms with Gasteiger partial charge in [0.1, 0.15) is 0 Å². The molecule has 0 amide bonds. The summed E-state index contributed by atoms with van der Waals surface area (Å²) in [4.78, 5) is 0. The van der Waals surface area contributed by atoms with Gasteiger partial charge in [0.15, 0.2) is 0 Å². The summed E-state index contributed by atoms with van der Waals surface area (Å²) in [6.07, 6.45) is 0.915. The summed E-state index contributed by atoms with van der Waals surface area (Å²) in [6.45, 7) is 2.00.